The number of fused-ring (bicyclic) bond motifs is 7. The molecule has 2 aromatic heterocycles. The molecule has 1 unspecified atom stereocenters. The number of methoxy groups -OCH3 is 2. The molecule has 6 rings (SSSR count). The van der Waals surface area contributed by atoms with Gasteiger partial charge in [-0.15, -0.1) is 33.9 Å². The molecule has 3 aliphatic heterocycles. The summed E-state index contributed by atoms with van der Waals surface area (Å²) in [6, 6.07) is -0.0481. The number of hydrogen-bond acceptors (Lipinski definition) is 5. The van der Waals surface area contributed by atoms with Crippen molar-refractivity contribution in [3.63, 3.8) is 0 Å². The smallest absolute Gasteiger partial charge is 0.678 e. The standard InChI is InChI=1S/C36H42N4O5.Mg/c1-9-20-16(3)23-13-25-18(5)22(11-12-29(41)44-7)33(39-25)31-32(36(43)45-8)35(42)30-19(6)26(40-34(30)31)15-28-21(10-2)17(4)24(38-28)14-27(20)37-23;/h13-15,18,20,22,27,32,35,42H,9-12H2,1-8H3;/q-4;+2/b24-14-,25-13-,28-15-,33-31-;/t18-,20+,22-,27?,32+,35+;/m0./s1. The second-order valence-electron chi connectivity index (χ2n) is 12.7. The van der Waals surface area contributed by atoms with Gasteiger partial charge in [0, 0.05) is 6.42 Å². The first-order valence-electron chi connectivity index (χ1n) is 16.0. The normalized spacial score (nSPS) is 30.2. The summed E-state index contributed by atoms with van der Waals surface area (Å²) in [6.07, 6.45) is 7.53. The van der Waals surface area contributed by atoms with E-state index in [0.717, 1.165) is 51.6 Å². The maximum Gasteiger partial charge on any atom is 2.00 e. The Labute approximate surface area is 286 Å². The quantitative estimate of drug-likeness (QED) is 0.374. The zero-order valence-corrected chi connectivity index (χ0v) is 29.5. The Morgan fingerprint density at radius 3 is 2.37 bits per heavy atom. The number of ether oxygens (including phenoxy) is 2. The second-order valence-corrected chi connectivity index (χ2v) is 12.7. The number of aromatic nitrogens is 2. The molecule has 4 aliphatic rings. The predicted molar refractivity (Wildman–Crippen MR) is 178 cm³/mol. The van der Waals surface area contributed by atoms with Gasteiger partial charge in [-0.3, -0.25) is 9.59 Å². The van der Waals surface area contributed by atoms with E-state index in [0.29, 0.717) is 34.6 Å². The second kappa shape index (κ2) is 13.1. The van der Waals surface area contributed by atoms with Gasteiger partial charge in [0.2, 0.25) is 0 Å². The fourth-order valence-corrected chi connectivity index (χ4v) is 7.80. The van der Waals surface area contributed by atoms with Crippen molar-refractivity contribution in [3.8, 4) is 0 Å². The van der Waals surface area contributed by atoms with E-state index >= 15 is 0 Å². The van der Waals surface area contributed by atoms with Gasteiger partial charge in [-0.25, -0.2) is 0 Å². The molecular formula is C36H42MgN4O5-2. The number of hydrogen-bond donors (Lipinski definition) is 1. The summed E-state index contributed by atoms with van der Waals surface area (Å²) in [6.45, 7) is 12.6. The van der Waals surface area contributed by atoms with Crippen LogP contribution in [-0.4, -0.2) is 60.4 Å². The van der Waals surface area contributed by atoms with Crippen LogP contribution in [0, 0.1) is 37.5 Å². The largest absolute Gasteiger partial charge is 2.00 e. The van der Waals surface area contributed by atoms with Crippen molar-refractivity contribution >= 4 is 52.7 Å². The van der Waals surface area contributed by atoms with Crippen molar-refractivity contribution < 1.29 is 24.2 Å². The average molecular weight is 635 g/mol. The molecule has 0 radical (unpaired) electrons. The summed E-state index contributed by atoms with van der Waals surface area (Å²) in [5.41, 5.74) is 9.15. The van der Waals surface area contributed by atoms with Crippen LogP contribution in [0.25, 0.3) is 28.4 Å². The third-order valence-corrected chi connectivity index (χ3v) is 10.5. The number of carbonyl (C=O) groups is 2. The van der Waals surface area contributed by atoms with Crippen molar-refractivity contribution in [1.29, 1.82) is 0 Å². The molecule has 2 aromatic rings. The van der Waals surface area contributed by atoms with E-state index in [1.54, 1.807) is 0 Å². The monoisotopic (exact) mass is 634 g/mol. The molecule has 1 aliphatic carbocycles. The molecule has 5 heterocycles. The van der Waals surface area contributed by atoms with Crippen LogP contribution in [0.15, 0.2) is 28.7 Å². The van der Waals surface area contributed by atoms with Crippen molar-refractivity contribution in [3.05, 3.63) is 83.7 Å². The molecule has 9 nitrogen and oxygen atoms in total. The number of nitrogens with zero attached hydrogens (tertiary/aromatic N) is 4. The van der Waals surface area contributed by atoms with Gasteiger partial charge < -0.3 is 35.2 Å². The fraction of sp³-hybridized carbons (Fsp3) is 0.500. The number of aliphatic hydroxyl groups excluding tert-OH is 1. The van der Waals surface area contributed by atoms with Crippen molar-refractivity contribution in [2.75, 3.05) is 14.2 Å². The van der Waals surface area contributed by atoms with E-state index in [9.17, 15) is 14.7 Å². The van der Waals surface area contributed by atoms with Gasteiger partial charge in [-0.05, 0) is 56.9 Å². The summed E-state index contributed by atoms with van der Waals surface area (Å²) in [5, 5.41) is 23.9. The third kappa shape index (κ3) is 5.36. The number of rotatable bonds is 6. The molecule has 0 spiro atoms. The van der Waals surface area contributed by atoms with E-state index < -0.39 is 18.0 Å². The van der Waals surface area contributed by atoms with Crippen LogP contribution in [0.3, 0.4) is 0 Å². The zero-order chi connectivity index (χ0) is 32.3. The fourth-order valence-electron chi connectivity index (χ4n) is 7.80. The van der Waals surface area contributed by atoms with Crippen LogP contribution < -0.4 is 20.7 Å². The van der Waals surface area contributed by atoms with Crippen LogP contribution >= 0.6 is 0 Å². The predicted octanol–water partition coefficient (Wildman–Crippen LogP) is 4.10. The maximum atomic E-state index is 13.3. The molecule has 6 atom stereocenters. The van der Waals surface area contributed by atoms with Crippen molar-refractivity contribution in [1.82, 2.24) is 9.97 Å². The third-order valence-electron chi connectivity index (χ3n) is 10.5. The van der Waals surface area contributed by atoms with Crippen LogP contribution in [-0.2, 0) is 25.5 Å². The number of aliphatic hydroxyl groups is 1. The summed E-state index contributed by atoms with van der Waals surface area (Å²) in [5.74, 6) is -1.90. The molecule has 1 N–H and O–H groups in total. The topological polar surface area (TPSA) is 129 Å². The van der Waals surface area contributed by atoms with E-state index in [1.165, 1.54) is 19.8 Å². The molecule has 1 fully saturated rings. The minimum atomic E-state index is -1.15. The number of esters is 2. The number of carbonyl (C=O) groups excluding carboxylic acids is 2. The first kappa shape index (κ1) is 34.1. The van der Waals surface area contributed by atoms with E-state index in [2.05, 4.69) is 46.8 Å². The minimum absolute atomic E-state index is 0. The molecule has 8 bridgehead atoms. The Morgan fingerprint density at radius 1 is 0.978 bits per heavy atom. The van der Waals surface area contributed by atoms with Gasteiger partial charge in [0.25, 0.3) is 0 Å². The van der Waals surface area contributed by atoms with Gasteiger partial charge in [-0.2, -0.15) is 11.4 Å². The molecular weight excluding hydrogens is 593 g/mol. The maximum absolute atomic E-state index is 13.3. The molecule has 0 amide bonds. The summed E-state index contributed by atoms with van der Waals surface area (Å²) in [7, 11) is 2.71. The van der Waals surface area contributed by atoms with E-state index in [-0.39, 0.29) is 59.2 Å². The van der Waals surface area contributed by atoms with Crippen LogP contribution in [0.2, 0.25) is 0 Å². The molecule has 240 valence electrons. The molecule has 46 heavy (non-hydrogen) atoms. The summed E-state index contributed by atoms with van der Waals surface area (Å²) < 4.78 is 10.2. The zero-order valence-electron chi connectivity index (χ0n) is 28.1. The first-order valence-corrected chi connectivity index (χ1v) is 16.0. The molecule has 1 saturated heterocycles. The van der Waals surface area contributed by atoms with Gasteiger partial charge in [-0.1, -0.05) is 73.2 Å². The van der Waals surface area contributed by atoms with Crippen LogP contribution in [0.1, 0.15) is 86.7 Å². The number of allylic oxidation sites excluding steroid dienone is 3. The molecule has 0 aromatic carbocycles. The Bertz CT molecular complexity index is 1790. The van der Waals surface area contributed by atoms with E-state index in [4.69, 9.17) is 30.1 Å². The summed E-state index contributed by atoms with van der Waals surface area (Å²) >= 11 is 0. The Kier molecular flexibility index (Phi) is 9.74. The molecule has 0 saturated carbocycles. The minimum Gasteiger partial charge on any atom is -0.678 e. The average Bonchev–Trinajstić information content (AvgIpc) is 3.76. The van der Waals surface area contributed by atoms with Gasteiger partial charge in [0.15, 0.2) is 0 Å². The van der Waals surface area contributed by atoms with Crippen molar-refractivity contribution in [2.45, 2.75) is 79.4 Å². The van der Waals surface area contributed by atoms with E-state index in [1.807, 2.05) is 13.0 Å². The van der Waals surface area contributed by atoms with Gasteiger partial charge in [0.1, 0.15) is 5.92 Å². The SMILES string of the molecule is CCc1c(C)/c2[n-]/c1=C\c1[n-]c3c(c1C)[C@@H](O)[C@H](C(=O)OC)/C3=C1/[N-]/C(=C\C3=C(C)[C@@H](CC)C(\C=2)[N-]3)[C@@H](C)[C@@H]1CCC(=O)OC.[Mg+2]. The summed E-state index contributed by atoms with van der Waals surface area (Å²) in [4.78, 5) is 35.8. The molecule has 10 heteroatoms. The first-order chi connectivity index (χ1) is 21.5. The Hall–Kier alpha value is -3.21. The Balaban J connectivity index is 0.00000417. The Morgan fingerprint density at radius 2 is 1.72 bits per heavy atom. The van der Waals surface area contributed by atoms with Crippen LogP contribution in [0.5, 0.6) is 0 Å². The van der Waals surface area contributed by atoms with Crippen molar-refractivity contribution in [2.24, 2.45) is 23.7 Å². The van der Waals surface area contributed by atoms with Crippen LogP contribution in [0.4, 0.5) is 0 Å². The van der Waals surface area contributed by atoms with Gasteiger partial charge in [0.05, 0.1) is 20.3 Å². The van der Waals surface area contributed by atoms with Gasteiger partial charge >= 0.3 is 35.0 Å².